The molecule has 1 heterocycles. The summed E-state index contributed by atoms with van der Waals surface area (Å²) in [6.07, 6.45) is -4.03. The third kappa shape index (κ3) is 2.73. The van der Waals surface area contributed by atoms with E-state index < -0.39 is 23.0 Å². The normalized spacial score (nSPS) is 10.7. The predicted octanol–water partition coefficient (Wildman–Crippen LogP) is 1.38. The lowest BCUT2D eigenvalue weighted by atomic mass is 10.2. The van der Waals surface area contributed by atoms with E-state index in [1.165, 1.54) is 0 Å². The molecule has 1 aromatic heterocycles. The van der Waals surface area contributed by atoms with Crippen molar-refractivity contribution in [2.45, 2.75) is 6.18 Å². The molecule has 0 aliphatic carbocycles. The van der Waals surface area contributed by atoms with Gasteiger partial charge in [-0.1, -0.05) is 11.8 Å². The van der Waals surface area contributed by atoms with Crippen LogP contribution in [0.4, 0.5) is 13.2 Å². The van der Waals surface area contributed by atoms with Gasteiger partial charge in [0, 0.05) is 0 Å². The highest BCUT2D eigenvalue weighted by atomic mass is 35.5. The van der Waals surface area contributed by atoms with Gasteiger partial charge in [-0.25, -0.2) is 4.98 Å². The van der Waals surface area contributed by atoms with Crippen molar-refractivity contribution in [2.24, 2.45) is 0 Å². The summed E-state index contributed by atoms with van der Waals surface area (Å²) in [6, 6.07) is 0. The average molecular weight is 237 g/mol. The molecule has 0 unspecified atom stereocenters. The first-order valence-corrected chi connectivity index (χ1v) is 4.20. The molecule has 0 aliphatic rings. The first-order valence-electron chi connectivity index (χ1n) is 3.66. The van der Waals surface area contributed by atoms with Gasteiger partial charge in [0.2, 0.25) is 0 Å². The summed E-state index contributed by atoms with van der Waals surface area (Å²) < 4.78 is 37.0. The van der Waals surface area contributed by atoms with Crippen LogP contribution >= 0.6 is 11.6 Å². The molecule has 0 bridgehead atoms. The van der Waals surface area contributed by atoms with Crippen molar-refractivity contribution in [3.63, 3.8) is 0 Å². The lowest BCUT2D eigenvalue weighted by Gasteiger charge is -2.05. The molecule has 1 aromatic rings. The number of rotatable bonds is 0. The molecule has 80 valence electrons. The van der Waals surface area contributed by atoms with E-state index in [1.54, 1.807) is 0 Å². The highest BCUT2D eigenvalue weighted by Crippen LogP contribution is 2.28. The summed E-state index contributed by atoms with van der Waals surface area (Å²) in [4.78, 5) is 16.1. The molecule has 0 aromatic carbocycles. The zero-order chi connectivity index (χ0) is 11.5. The summed E-state index contributed by atoms with van der Waals surface area (Å²) >= 11 is 5.18. The number of H-pyrrole nitrogens is 1. The zero-order valence-corrected chi connectivity index (χ0v) is 7.91. The predicted molar refractivity (Wildman–Crippen MR) is 47.5 cm³/mol. The molecule has 0 radical (unpaired) electrons. The Morgan fingerprint density at radius 1 is 1.53 bits per heavy atom. The molecule has 3 nitrogen and oxygen atoms in total. The number of hydrogen-bond donors (Lipinski definition) is 1. The van der Waals surface area contributed by atoms with Crippen LogP contribution in [0.25, 0.3) is 0 Å². The van der Waals surface area contributed by atoms with E-state index in [9.17, 15) is 18.0 Å². The van der Waals surface area contributed by atoms with Crippen molar-refractivity contribution in [3.05, 3.63) is 27.9 Å². The fourth-order valence-corrected chi connectivity index (χ4v) is 0.919. The van der Waals surface area contributed by atoms with Gasteiger partial charge in [-0.05, 0) is 0 Å². The first kappa shape index (κ1) is 11.6. The fraction of sp³-hybridized carbons (Fsp3) is 0.250. The lowest BCUT2D eigenvalue weighted by molar-refractivity contribution is -0.141. The molecule has 15 heavy (non-hydrogen) atoms. The van der Waals surface area contributed by atoms with Gasteiger partial charge in [-0.3, -0.25) is 4.79 Å². The molecule has 0 atom stereocenters. The average Bonchev–Trinajstić information content (AvgIpc) is 2.14. The minimum atomic E-state index is -4.70. The van der Waals surface area contributed by atoms with Crippen molar-refractivity contribution >= 4 is 11.6 Å². The van der Waals surface area contributed by atoms with Crippen LogP contribution in [0.2, 0.25) is 0 Å². The van der Waals surface area contributed by atoms with Gasteiger partial charge in [0.05, 0.1) is 12.2 Å². The number of nitrogens with one attached hydrogen (secondary N) is 1. The van der Waals surface area contributed by atoms with Gasteiger partial charge in [0.15, 0.2) is 5.69 Å². The third-order valence-electron chi connectivity index (χ3n) is 1.40. The van der Waals surface area contributed by atoms with E-state index >= 15 is 0 Å². The maximum atomic E-state index is 12.3. The van der Waals surface area contributed by atoms with Gasteiger partial charge >= 0.3 is 6.18 Å². The van der Waals surface area contributed by atoms with Crippen molar-refractivity contribution < 1.29 is 13.2 Å². The number of nitrogens with zero attached hydrogens (tertiary/aromatic N) is 1. The summed E-state index contributed by atoms with van der Waals surface area (Å²) in [5.41, 5.74) is -2.95. The van der Waals surface area contributed by atoms with Crippen molar-refractivity contribution in [1.82, 2.24) is 9.97 Å². The van der Waals surface area contributed by atoms with Crippen molar-refractivity contribution in [2.75, 3.05) is 5.88 Å². The smallest absolute Gasteiger partial charge is 0.312 e. The molecule has 0 saturated heterocycles. The Balaban J connectivity index is 3.40. The molecule has 0 saturated carbocycles. The summed E-state index contributed by atoms with van der Waals surface area (Å²) in [5.74, 6) is 4.04. The topological polar surface area (TPSA) is 45.8 Å². The van der Waals surface area contributed by atoms with Crippen LogP contribution in [0.15, 0.2) is 11.1 Å². The summed E-state index contributed by atoms with van der Waals surface area (Å²) in [6.45, 7) is 0. The highest BCUT2D eigenvalue weighted by Gasteiger charge is 2.36. The van der Waals surface area contributed by atoms with Crippen LogP contribution in [0, 0.1) is 11.8 Å². The molecular formula is C8H4ClF3N2O. The summed E-state index contributed by atoms with van der Waals surface area (Å²) in [7, 11) is 0. The van der Waals surface area contributed by atoms with Crippen LogP contribution in [0.1, 0.15) is 11.3 Å². The minimum absolute atomic E-state index is 0.161. The number of hydrogen-bond acceptors (Lipinski definition) is 2. The minimum Gasteiger partial charge on any atom is -0.312 e. The molecule has 0 fully saturated rings. The number of aromatic nitrogens is 2. The number of aromatic amines is 1. The molecule has 0 spiro atoms. The monoisotopic (exact) mass is 236 g/mol. The first-order chi connectivity index (χ1) is 6.96. The Morgan fingerprint density at radius 2 is 2.20 bits per heavy atom. The molecule has 0 aliphatic heterocycles. The van der Waals surface area contributed by atoms with Crippen LogP contribution in [0.3, 0.4) is 0 Å². The highest BCUT2D eigenvalue weighted by molar-refractivity contribution is 6.19. The zero-order valence-electron chi connectivity index (χ0n) is 7.15. The second kappa shape index (κ2) is 4.36. The molecule has 1 rings (SSSR count). The quantitative estimate of drug-likeness (QED) is 0.546. The summed E-state index contributed by atoms with van der Waals surface area (Å²) in [5, 5.41) is 0. The van der Waals surface area contributed by atoms with E-state index in [0.717, 1.165) is 0 Å². The van der Waals surface area contributed by atoms with Crippen LogP contribution in [-0.4, -0.2) is 15.8 Å². The maximum Gasteiger partial charge on any atom is 0.434 e. The maximum absolute atomic E-state index is 12.3. The number of alkyl halides is 4. The van der Waals surface area contributed by atoms with Gasteiger partial charge in [0.25, 0.3) is 5.56 Å². The van der Waals surface area contributed by atoms with Gasteiger partial charge in [0.1, 0.15) is 5.56 Å². The van der Waals surface area contributed by atoms with Crippen LogP contribution in [0.5, 0.6) is 0 Å². The van der Waals surface area contributed by atoms with E-state index in [0.29, 0.717) is 6.33 Å². The Bertz CT molecular complexity index is 469. The van der Waals surface area contributed by atoms with Crippen molar-refractivity contribution in [1.29, 1.82) is 0 Å². The van der Waals surface area contributed by atoms with E-state index in [1.807, 2.05) is 10.9 Å². The van der Waals surface area contributed by atoms with Gasteiger partial charge < -0.3 is 4.98 Å². The Hall–Kier alpha value is -1.48. The third-order valence-corrected chi connectivity index (χ3v) is 1.54. The lowest BCUT2D eigenvalue weighted by Crippen LogP contribution is -2.20. The number of halogens is 4. The second-order valence-electron chi connectivity index (χ2n) is 2.39. The fourth-order valence-electron chi connectivity index (χ4n) is 0.852. The van der Waals surface area contributed by atoms with E-state index in [4.69, 9.17) is 11.6 Å². The second-order valence-corrected chi connectivity index (χ2v) is 2.66. The van der Waals surface area contributed by atoms with Crippen molar-refractivity contribution in [3.8, 4) is 11.8 Å². The molecule has 0 amide bonds. The molecule has 7 heteroatoms. The van der Waals surface area contributed by atoms with Gasteiger partial charge in [-0.15, -0.1) is 11.6 Å². The Morgan fingerprint density at radius 3 is 2.73 bits per heavy atom. The molecular weight excluding hydrogens is 233 g/mol. The Kier molecular flexibility index (Phi) is 3.37. The largest absolute Gasteiger partial charge is 0.434 e. The SMILES string of the molecule is O=c1[nH]cnc(C(F)(F)F)c1C#CCCl. The van der Waals surface area contributed by atoms with Crippen LogP contribution < -0.4 is 5.56 Å². The standard InChI is InChI=1S/C8H4ClF3N2O/c9-3-1-2-5-6(8(10,11)12)13-4-14-7(5)15/h4H,3H2,(H,13,14,15). The van der Waals surface area contributed by atoms with Gasteiger partial charge in [-0.2, -0.15) is 13.2 Å². The van der Waals surface area contributed by atoms with E-state index in [2.05, 4.69) is 10.9 Å². The van der Waals surface area contributed by atoms with Crippen LogP contribution in [-0.2, 0) is 6.18 Å². The van der Waals surface area contributed by atoms with E-state index in [-0.39, 0.29) is 5.88 Å². The molecule has 1 N–H and O–H groups in total. The Labute approximate surface area is 87.3 Å².